The molecule has 0 saturated carbocycles. The molecule has 666 valence electrons. The topological polar surface area (TPSA) is 108 Å². The summed E-state index contributed by atoms with van der Waals surface area (Å²) in [7, 11) is 0. The van der Waals surface area contributed by atoms with Crippen LogP contribution in [0.1, 0.15) is 25.0 Å². The number of hydrogen-bond acceptors (Lipinski definition) is 8. The summed E-state index contributed by atoms with van der Waals surface area (Å²) < 4.78 is 6.61. The van der Waals surface area contributed by atoms with E-state index in [1.807, 2.05) is 67.4 Å². The molecule has 0 N–H and O–H groups in total. The predicted octanol–water partition coefficient (Wildman–Crippen LogP) is 36.3. The van der Waals surface area contributed by atoms with Crippen molar-refractivity contribution >= 4 is 222 Å². The third kappa shape index (κ3) is 12.4. The van der Waals surface area contributed by atoms with Crippen molar-refractivity contribution < 1.29 is 4.42 Å². The first-order valence-electron chi connectivity index (χ1n) is 49.0. The summed E-state index contributed by atoms with van der Waals surface area (Å²) in [5, 5.41) is 37.1. The first-order chi connectivity index (χ1) is 71.2. The molecule has 0 saturated heterocycles. The van der Waals surface area contributed by atoms with Gasteiger partial charge in [0.25, 0.3) is 0 Å². The van der Waals surface area contributed by atoms with Crippen molar-refractivity contribution in [1.82, 2.24) is 34.9 Å². The minimum Gasteiger partial charge on any atom is -0.455 e. The predicted molar refractivity (Wildman–Crippen MR) is 603 cm³/mol. The van der Waals surface area contributed by atoms with E-state index in [4.69, 9.17) is 40.9 Å². The summed E-state index contributed by atoms with van der Waals surface area (Å²) in [5.41, 5.74) is 26.5. The summed E-state index contributed by atoms with van der Waals surface area (Å²) in [6, 6.07) is 149. The lowest BCUT2D eigenvalue weighted by Crippen LogP contribution is -2.15. The number of pyridine rings is 7. The Morgan fingerprint density at radius 1 is 0.236 bits per heavy atom. The zero-order valence-corrected chi connectivity index (χ0v) is 78.2. The van der Waals surface area contributed by atoms with Gasteiger partial charge < -0.3 is 4.42 Å². The van der Waals surface area contributed by atoms with Crippen molar-refractivity contribution in [2.45, 2.75) is 19.3 Å². The summed E-state index contributed by atoms with van der Waals surface area (Å²) in [6.45, 7) is 12.2. The Labute approximate surface area is 825 Å². The highest BCUT2D eigenvalue weighted by Gasteiger charge is 2.37. The molecule has 0 aliphatic heterocycles. The average Bonchev–Trinajstić information content (AvgIpc) is 1.24. The molecule has 0 atom stereocenters. The van der Waals surface area contributed by atoms with E-state index in [2.05, 4.69) is 406 Å². The molecular weight excluding hydrogens is 1750 g/mol. The van der Waals surface area contributed by atoms with Gasteiger partial charge in [0.05, 0.1) is 56.8 Å². The van der Waals surface area contributed by atoms with Gasteiger partial charge in [0.2, 0.25) is 0 Å². The average molecular weight is 1830 g/mol. The molecule has 31 rings (SSSR count). The highest BCUT2D eigenvalue weighted by molar-refractivity contribution is 6.36. The summed E-state index contributed by atoms with van der Waals surface area (Å²) >= 11 is 0. The number of rotatable bonds is 6. The quantitative estimate of drug-likeness (QED) is 0.0920. The zero-order chi connectivity index (χ0) is 95.1. The third-order valence-corrected chi connectivity index (χ3v) is 30.5. The second kappa shape index (κ2) is 32.2. The summed E-state index contributed by atoms with van der Waals surface area (Å²) in [6.07, 6.45) is 9.47. The van der Waals surface area contributed by atoms with E-state index in [9.17, 15) is 0 Å². The van der Waals surface area contributed by atoms with Crippen LogP contribution in [0.2, 0.25) is 0 Å². The van der Waals surface area contributed by atoms with Crippen LogP contribution >= 0.6 is 0 Å². The molecule has 1 aliphatic rings. The van der Waals surface area contributed by atoms with Crippen molar-refractivity contribution in [2.24, 2.45) is 0 Å². The SMILES string of the molecule is [C-]#[N+]c1ccc2c(c1)C(C)(C)c1cc(-c3c4ccccc4c(-c4nc5ccccc5c5c4ccc4ccc6cccnc6c45)c4ccccc34)ccc1-2.c1cnc2c(c1)ccc1ccc3c(-c4c5ccccc5c(-c5cccc6c5oc5ccccc56)c5ccccc45)nc4ccccc4c3c12.c1cncc(-c2c3ccccc3c(-c3nc4ccccc4c4c3ccc3ccc5cccnc5c34)c3ccccc23)c1. The molecule has 9 heteroatoms. The largest absolute Gasteiger partial charge is 0.455 e. The highest BCUT2D eigenvalue weighted by atomic mass is 16.3. The first kappa shape index (κ1) is 82.0. The van der Waals surface area contributed by atoms with E-state index in [0.29, 0.717) is 5.69 Å². The van der Waals surface area contributed by atoms with Gasteiger partial charge in [-0.3, -0.25) is 19.9 Å². The monoisotopic (exact) mass is 1830 g/mol. The van der Waals surface area contributed by atoms with Crippen LogP contribution in [0.25, 0.3) is 300 Å². The van der Waals surface area contributed by atoms with Gasteiger partial charge in [-0.2, -0.15) is 0 Å². The van der Waals surface area contributed by atoms with Crippen LogP contribution < -0.4 is 0 Å². The molecule has 0 unspecified atom stereocenters. The molecule has 22 aromatic carbocycles. The number of hydrogen-bond donors (Lipinski definition) is 0. The van der Waals surface area contributed by atoms with Crippen LogP contribution in [-0.4, -0.2) is 34.9 Å². The van der Waals surface area contributed by atoms with E-state index < -0.39 is 0 Å². The molecule has 0 spiro atoms. The van der Waals surface area contributed by atoms with Gasteiger partial charge in [0.1, 0.15) is 11.2 Å². The second-order valence-corrected chi connectivity index (χ2v) is 38.4. The second-order valence-electron chi connectivity index (χ2n) is 38.4. The van der Waals surface area contributed by atoms with E-state index in [1.165, 1.54) is 136 Å². The Balaban J connectivity index is 0.000000103. The lowest BCUT2D eigenvalue weighted by atomic mass is 9.80. The van der Waals surface area contributed by atoms with Crippen molar-refractivity contribution in [3.63, 3.8) is 0 Å². The van der Waals surface area contributed by atoms with Crippen LogP contribution in [0.4, 0.5) is 5.69 Å². The van der Waals surface area contributed by atoms with Gasteiger partial charge in [-0.05, 0) is 174 Å². The molecule has 0 bridgehead atoms. The minimum atomic E-state index is -0.233. The van der Waals surface area contributed by atoms with E-state index in [0.717, 1.165) is 170 Å². The minimum absolute atomic E-state index is 0.233. The van der Waals surface area contributed by atoms with Crippen molar-refractivity contribution in [2.75, 3.05) is 0 Å². The Kier molecular flexibility index (Phi) is 18.3. The van der Waals surface area contributed by atoms with Gasteiger partial charge in [-0.1, -0.05) is 378 Å². The Hall–Kier alpha value is -19.1. The van der Waals surface area contributed by atoms with Crippen molar-refractivity contribution in [1.29, 1.82) is 0 Å². The number of nitrogens with zero attached hydrogens (tertiary/aromatic N) is 8. The fraction of sp³-hybridized carbons (Fsp3) is 0.0222. The van der Waals surface area contributed by atoms with Crippen LogP contribution in [0.3, 0.4) is 0 Å². The maximum Gasteiger partial charge on any atom is 0.187 e. The molecule has 8 aromatic heterocycles. The molecule has 8 heterocycles. The molecule has 1 aliphatic carbocycles. The maximum absolute atomic E-state index is 7.65. The van der Waals surface area contributed by atoms with Crippen LogP contribution in [0.15, 0.2) is 454 Å². The van der Waals surface area contributed by atoms with Gasteiger partial charge in [-0.15, -0.1) is 0 Å². The normalized spacial score (nSPS) is 12.4. The lowest BCUT2D eigenvalue weighted by molar-refractivity contribution is 0.661. The van der Waals surface area contributed by atoms with Gasteiger partial charge >= 0.3 is 0 Å². The number of para-hydroxylation sites is 5. The molecule has 144 heavy (non-hydrogen) atoms. The molecule has 0 amide bonds. The summed E-state index contributed by atoms with van der Waals surface area (Å²) in [5.74, 6) is 0. The maximum atomic E-state index is 7.65. The van der Waals surface area contributed by atoms with E-state index >= 15 is 0 Å². The van der Waals surface area contributed by atoms with Crippen molar-refractivity contribution in [3.05, 3.63) is 472 Å². The van der Waals surface area contributed by atoms with Gasteiger partial charge in [0, 0.05) is 161 Å². The third-order valence-electron chi connectivity index (χ3n) is 30.5. The molecule has 0 fully saturated rings. The number of fused-ring (bicyclic) bond motifs is 33. The molecular formula is C135H80N8O. The fourth-order valence-electron chi connectivity index (χ4n) is 24.2. The van der Waals surface area contributed by atoms with Gasteiger partial charge in [-0.25, -0.2) is 19.8 Å². The Bertz CT molecular complexity index is 10700. The number of furan rings is 1. The Morgan fingerprint density at radius 3 is 0.972 bits per heavy atom. The first-order valence-corrected chi connectivity index (χ1v) is 49.0. The number of benzene rings is 22. The zero-order valence-electron chi connectivity index (χ0n) is 78.2. The van der Waals surface area contributed by atoms with Crippen molar-refractivity contribution in [3.8, 4) is 78.3 Å². The van der Waals surface area contributed by atoms with E-state index in [-0.39, 0.29) is 5.41 Å². The van der Waals surface area contributed by atoms with Crippen LogP contribution in [0, 0.1) is 6.57 Å². The molecule has 9 nitrogen and oxygen atoms in total. The molecule has 30 aromatic rings. The Morgan fingerprint density at radius 2 is 0.569 bits per heavy atom. The standard InChI is InChI=1S/C50H31N3.C46H26N2O.C39H23N3/c1-50(2)41-27-31(21-23-33(41)34-25-22-32(51-3)28-42(34)50)44-35-12-4-6-14-37(35)47(38-15-7-5-13-36(38)44)49-40-24-20-29-18-19-30-11-10-26-52-48(30)45(29)46(40)39-16-8-9-17-43(39)53-49;1-3-15-32-30(13-1)41(37-19-9-18-34-29-12-6-8-21-39(29)49-46(34)37)31-14-2-4-16-33(31)43(32)45-36-25-24-27-22-23-28-11-10-26-47-44(28)40(27)42(36)35-17-5-7-20-38(35)48-45;1-3-13-29-27(11-1)34(26-10-7-21-40-23-26)28-12-2-4-14-30(28)37(29)39-32-20-19-24-17-18-25-9-8-22-41-38(25)35(24)36(32)31-15-5-6-16-33(31)42-39/h4-28H,1-2H3;1-26H;1-23H. The smallest absolute Gasteiger partial charge is 0.187 e. The fourth-order valence-corrected chi connectivity index (χ4v) is 24.2. The lowest BCUT2D eigenvalue weighted by Gasteiger charge is -2.23. The highest BCUT2D eigenvalue weighted by Crippen LogP contribution is 2.56. The molecule has 0 radical (unpaired) electrons. The van der Waals surface area contributed by atoms with Gasteiger partial charge in [0.15, 0.2) is 5.69 Å². The summed E-state index contributed by atoms with van der Waals surface area (Å²) in [4.78, 5) is 39.4. The van der Waals surface area contributed by atoms with E-state index in [1.54, 1.807) is 0 Å². The van der Waals surface area contributed by atoms with Crippen LogP contribution in [-0.2, 0) is 5.41 Å². The van der Waals surface area contributed by atoms with Crippen LogP contribution in [0.5, 0.6) is 0 Å². The number of aromatic nitrogens is 7.